The lowest BCUT2D eigenvalue weighted by molar-refractivity contribution is -0.146. The summed E-state index contributed by atoms with van der Waals surface area (Å²) in [6, 6.07) is 12.6. The van der Waals surface area contributed by atoms with Crippen LogP contribution in [0.3, 0.4) is 0 Å². The van der Waals surface area contributed by atoms with Crippen molar-refractivity contribution in [3.05, 3.63) is 70.3 Å². The first kappa shape index (κ1) is 31.3. The van der Waals surface area contributed by atoms with Crippen LogP contribution in [0.25, 0.3) is 0 Å². The van der Waals surface area contributed by atoms with E-state index in [0.717, 1.165) is 63.4 Å². The summed E-state index contributed by atoms with van der Waals surface area (Å²) in [6.07, 6.45) is 9.58. The number of hydrogen-bond acceptors (Lipinski definition) is 5. The van der Waals surface area contributed by atoms with Crippen LogP contribution in [0.5, 0.6) is 0 Å². The molecule has 0 amide bonds. The Hall–Kier alpha value is -3.28. The Bertz CT molecular complexity index is 1180. The number of aliphatic carboxylic acids is 1. The van der Waals surface area contributed by atoms with Crippen molar-refractivity contribution in [2.24, 2.45) is 11.8 Å². The second-order valence-corrected chi connectivity index (χ2v) is 11.1. The summed E-state index contributed by atoms with van der Waals surface area (Å²) < 4.78 is 5.02. The molecule has 3 rings (SSSR count). The maximum atomic E-state index is 13.7. The molecule has 0 saturated heterocycles. The second-order valence-electron chi connectivity index (χ2n) is 11.1. The van der Waals surface area contributed by atoms with E-state index in [0.29, 0.717) is 41.5 Å². The predicted molar refractivity (Wildman–Crippen MR) is 156 cm³/mol. The first-order valence-corrected chi connectivity index (χ1v) is 15.0. The third-order valence-corrected chi connectivity index (χ3v) is 8.31. The van der Waals surface area contributed by atoms with Gasteiger partial charge in [-0.2, -0.15) is 0 Å². The van der Waals surface area contributed by atoms with Gasteiger partial charge in [0.05, 0.1) is 18.9 Å². The van der Waals surface area contributed by atoms with Gasteiger partial charge in [0.25, 0.3) is 0 Å². The lowest BCUT2D eigenvalue weighted by atomic mass is 9.76. The molecule has 2 aromatic carbocycles. The van der Waals surface area contributed by atoms with Crippen molar-refractivity contribution in [3.8, 4) is 0 Å². The average Bonchev–Trinajstić information content (AvgIpc) is 2.97. The van der Waals surface area contributed by atoms with Gasteiger partial charge in [-0.15, -0.1) is 0 Å². The fourth-order valence-electron chi connectivity index (χ4n) is 6.10. The van der Waals surface area contributed by atoms with E-state index in [9.17, 15) is 24.3 Å². The van der Waals surface area contributed by atoms with Crippen molar-refractivity contribution in [3.63, 3.8) is 0 Å². The van der Waals surface area contributed by atoms with E-state index >= 15 is 0 Å². The molecule has 0 heterocycles. The molecule has 0 radical (unpaired) electrons. The van der Waals surface area contributed by atoms with E-state index in [1.54, 1.807) is 30.3 Å². The van der Waals surface area contributed by atoms with Crippen molar-refractivity contribution in [1.29, 1.82) is 0 Å². The number of carboxylic acid groups (broad SMARTS) is 1. The Labute approximate surface area is 238 Å². The average molecular weight is 549 g/mol. The van der Waals surface area contributed by atoms with E-state index in [1.165, 1.54) is 7.11 Å². The number of ketones is 2. The molecule has 40 heavy (non-hydrogen) atoms. The highest BCUT2D eigenvalue weighted by atomic mass is 16.5. The van der Waals surface area contributed by atoms with E-state index < -0.39 is 5.97 Å². The number of esters is 1. The van der Waals surface area contributed by atoms with Gasteiger partial charge in [0.2, 0.25) is 0 Å². The first-order chi connectivity index (χ1) is 19.3. The van der Waals surface area contributed by atoms with Gasteiger partial charge in [-0.05, 0) is 50.0 Å². The van der Waals surface area contributed by atoms with Gasteiger partial charge in [-0.25, -0.2) is 0 Å². The zero-order valence-electron chi connectivity index (χ0n) is 24.2. The third kappa shape index (κ3) is 7.67. The number of benzene rings is 2. The molecule has 0 saturated carbocycles. The van der Waals surface area contributed by atoms with Gasteiger partial charge >= 0.3 is 11.9 Å². The summed E-state index contributed by atoms with van der Waals surface area (Å²) in [4.78, 5) is 51.0. The number of ether oxygens (including phenoxy) is 1. The highest BCUT2D eigenvalue weighted by molar-refractivity contribution is 6.28. The van der Waals surface area contributed by atoms with Crippen LogP contribution in [0.4, 0.5) is 0 Å². The summed E-state index contributed by atoms with van der Waals surface area (Å²) in [5.41, 5.74) is 2.73. The number of unbranched alkanes of at least 4 members (excludes halogenated alkanes) is 2. The second kappa shape index (κ2) is 15.5. The lowest BCUT2D eigenvalue weighted by Gasteiger charge is -2.25. The number of fused-ring (bicyclic) bond motifs is 2. The lowest BCUT2D eigenvalue weighted by Crippen LogP contribution is -2.23. The largest absolute Gasteiger partial charge is 0.481 e. The minimum absolute atomic E-state index is 0.0239. The van der Waals surface area contributed by atoms with Crippen LogP contribution < -0.4 is 0 Å². The van der Waals surface area contributed by atoms with E-state index in [2.05, 4.69) is 13.8 Å². The molecule has 1 aliphatic rings. The van der Waals surface area contributed by atoms with Crippen molar-refractivity contribution in [2.45, 2.75) is 96.8 Å². The minimum Gasteiger partial charge on any atom is -0.481 e. The van der Waals surface area contributed by atoms with Gasteiger partial charge in [-0.3, -0.25) is 19.2 Å². The number of hydrogen-bond donors (Lipinski definition) is 1. The Morgan fingerprint density at radius 2 is 1.30 bits per heavy atom. The topological polar surface area (TPSA) is 97.7 Å². The smallest absolute Gasteiger partial charge is 0.308 e. The summed E-state index contributed by atoms with van der Waals surface area (Å²) >= 11 is 0. The Morgan fingerprint density at radius 3 is 1.95 bits per heavy atom. The molecule has 3 atom stereocenters. The monoisotopic (exact) mass is 548 g/mol. The number of carbonyl (C=O) groups excluding carboxylic acids is 3. The Balaban J connectivity index is 1.83. The number of carboxylic acids is 1. The zero-order valence-corrected chi connectivity index (χ0v) is 24.2. The molecule has 0 spiro atoms. The maximum Gasteiger partial charge on any atom is 0.308 e. The van der Waals surface area contributed by atoms with Gasteiger partial charge in [0.1, 0.15) is 0 Å². The summed E-state index contributed by atoms with van der Waals surface area (Å²) in [6.45, 7) is 4.13. The van der Waals surface area contributed by atoms with Crippen molar-refractivity contribution < 1.29 is 29.0 Å². The highest BCUT2D eigenvalue weighted by Crippen LogP contribution is 2.37. The normalized spacial score (nSPS) is 14.7. The van der Waals surface area contributed by atoms with Crippen LogP contribution in [-0.2, 0) is 14.3 Å². The molecule has 216 valence electrons. The summed E-state index contributed by atoms with van der Waals surface area (Å²) in [7, 11) is 1.43. The molecule has 0 aliphatic heterocycles. The number of methoxy groups -OCH3 is 1. The van der Waals surface area contributed by atoms with Gasteiger partial charge in [-0.1, -0.05) is 94.8 Å². The van der Waals surface area contributed by atoms with Crippen LogP contribution in [0.2, 0.25) is 0 Å². The summed E-state index contributed by atoms with van der Waals surface area (Å²) in [5, 5.41) is 9.62. The van der Waals surface area contributed by atoms with Crippen LogP contribution in [0.15, 0.2) is 42.5 Å². The quantitative estimate of drug-likeness (QED) is 0.137. The molecule has 1 aliphatic carbocycles. The maximum absolute atomic E-state index is 13.7. The Morgan fingerprint density at radius 1 is 0.700 bits per heavy atom. The van der Waals surface area contributed by atoms with Crippen LogP contribution in [-0.4, -0.2) is 35.7 Å². The molecular formula is C34H44O6. The number of carbonyl (C=O) groups is 4. The molecule has 1 N–H and O–H groups in total. The molecule has 0 fully saturated rings. The van der Waals surface area contributed by atoms with E-state index in [-0.39, 0.29) is 35.3 Å². The predicted octanol–water partition coefficient (Wildman–Crippen LogP) is 7.76. The fraction of sp³-hybridized carbons (Fsp3) is 0.529. The van der Waals surface area contributed by atoms with Crippen LogP contribution in [0, 0.1) is 11.8 Å². The van der Waals surface area contributed by atoms with Crippen molar-refractivity contribution in [2.75, 3.05) is 7.11 Å². The van der Waals surface area contributed by atoms with Crippen molar-refractivity contribution >= 4 is 23.5 Å². The van der Waals surface area contributed by atoms with Crippen LogP contribution >= 0.6 is 0 Å². The minimum atomic E-state index is -0.727. The van der Waals surface area contributed by atoms with Crippen molar-refractivity contribution in [1.82, 2.24) is 0 Å². The number of rotatable bonds is 17. The third-order valence-electron chi connectivity index (χ3n) is 8.31. The molecule has 6 nitrogen and oxygen atoms in total. The molecule has 0 bridgehead atoms. The van der Waals surface area contributed by atoms with Gasteiger partial charge in [0, 0.05) is 22.3 Å². The molecule has 3 unspecified atom stereocenters. The van der Waals surface area contributed by atoms with E-state index in [4.69, 9.17) is 4.74 Å². The molecule has 0 aromatic heterocycles. The van der Waals surface area contributed by atoms with Crippen LogP contribution in [0.1, 0.15) is 134 Å². The standard InChI is InChI=1S/C34H44O6/c1-4-6-14-24(33(37)38)16-8-7-15-23(17-11-18-25(13-5-2)34(39)40-3)26-21-12-22-29-30(26)32(36)28-20-10-9-19-27(28)31(29)35/h9-10,12,19-25H,4-8,11,13-18H2,1-3H3,(H,37,38). The molecule has 2 aromatic rings. The Kier molecular flexibility index (Phi) is 12.1. The summed E-state index contributed by atoms with van der Waals surface area (Å²) in [5.74, 6) is -1.60. The molecular weight excluding hydrogens is 504 g/mol. The fourth-order valence-corrected chi connectivity index (χ4v) is 6.10. The zero-order chi connectivity index (χ0) is 29.1. The SMILES string of the molecule is CCCCC(CCCCC(CCCC(CCC)C(=O)OC)c1cccc2c1C(=O)c1ccccc1C2=O)C(=O)O. The first-order valence-electron chi connectivity index (χ1n) is 15.0. The van der Waals surface area contributed by atoms with Gasteiger partial charge in [0.15, 0.2) is 11.6 Å². The molecule has 6 heteroatoms. The highest BCUT2D eigenvalue weighted by Gasteiger charge is 2.33. The van der Waals surface area contributed by atoms with Gasteiger partial charge < -0.3 is 9.84 Å². The van der Waals surface area contributed by atoms with E-state index in [1.807, 2.05) is 12.1 Å².